The highest BCUT2D eigenvalue weighted by molar-refractivity contribution is 8.00. The second kappa shape index (κ2) is 4.79. The lowest BCUT2D eigenvalue weighted by Crippen LogP contribution is -2.39. The summed E-state index contributed by atoms with van der Waals surface area (Å²) < 4.78 is 74.0. The molecular formula is C9H6F6O2S. The zero-order valence-corrected chi connectivity index (χ0v) is 9.20. The minimum Gasteiger partial charge on any atom is -0.508 e. The summed E-state index contributed by atoms with van der Waals surface area (Å²) in [4.78, 5) is -0.676. The Morgan fingerprint density at radius 3 is 2.06 bits per heavy atom. The van der Waals surface area contributed by atoms with Gasteiger partial charge in [0.05, 0.1) is 4.90 Å². The van der Waals surface area contributed by atoms with Gasteiger partial charge < -0.3 is 10.2 Å². The molecule has 2 nitrogen and oxygen atoms in total. The number of benzene rings is 1. The Morgan fingerprint density at radius 1 is 1.06 bits per heavy atom. The first-order valence-corrected chi connectivity index (χ1v) is 5.15. The van der Waals surface area contributed by atoms with Crippen LogP contribution < -0.4 is 0 Å². The SMILES string of the molecule is Oc1ccc(SC(F)(F)[C@@H](F)C(F)(F)F)c(O)c1. The summed E-state index contributed by atoms with van der Waals surface area (Å²) >= 11 is -0.773. The molecule has 0 saturated heterocycles. The molecule has 0 spiro atoms. The minimum atomic E-state index is -5.71. The molecule has 0 bridgehead atoms. The summed E-state index contributed by atoms with van der Waals surface area (Å²) in [6.07, 6.45) is -10.1. The molecular weight excluding hydrogens is 286 g/mol. The quantitative estimate of drug-likeness (QED) is 0.659. The second-order valence-corrected chi connectivity index (χ2v) is 4.41. The lowest BCUT2D eigenvalue weighted by Gasteiger charge is -2.22. The van der Waals surface area contributed by atoms with Crippen molar-refractivity contribution < 1.29 is 36.6 Å². The molecule has 0 radical (unpaired) electrons. The summed E-state index contributed by atoms with van der Waals surface area (Å²) in [6.45, 7) is 0. The minimum absolute atomic E-state index is 0.465. The fourth-order valence-electron chi connectivity index (χ4n) is 0.981. The third-order valence-electron chi connectivity index (χ3n) is 1.77. The van der Waals surface area contributed by atoms with Crippen molar-refractivity contribution in [3.8, 4) is 11.5 Å². The number of phenolic OH excluding ortho intramolecular Hbond substituents is 2. The van der Waals surface area contributed by atoms with Gasteiger partial charge in [-0.25, -0.2) is 4.39 Å². The summed E-state index contributed by atoms with van der Waals surface area (Å²) in [7, 11) is 0. The number of rotatable bonds is 3. The summed E-state index contributed by atoms with van der Waals surface area (Å²) in [5.41, 5.74) is 0. The first-order chi connectivity index (χ1) is 8.04. The number of hydrogen-bond acceptors (Lipinski definition) is 3. The Balaban J connectivity index is 2.95. The molecule has 1 aromatic rings. The van der Waals surface area contributed by atoms with Crippen molar-refractivity contribution in [2.45, 2.75) is 22.5 Å². The number of halogens is 6. The predicted molar refractivity (Wildman–Crippen MR) is 51.5 cm³/mol. The van der Waals surface area contributed by atoms with E-state index in [1.54, 1.807) is 0 Å². The topological polar surface area (TPSA) is 40.5 Å². The average Bonchev–Trinajstić information content (AvgIpc) is 2.20. The highest BCUT2D eigenvalue weighted by Gasteiger charge is 2.57. The van der Waals surface area contributed by atoms with Crippen molar-refractivity contribution in [1.82, 2.24) is 0 Å². The average molecular weight is 292 g/mol. The molecule has 0 unspecified atom stereocenters. The van der Waals surface area contributed by atoms with Crippen molar-refractivity contribution >= 4 is 11.8 Å². The molecule has 0 aliphatic rings. The summed E-state index contributed by atoms with van der Waals surface area (Å²) in [5.74, 6) is -1.33. The molecule has 18 heavy (non-hydrogen) atoms. The molecule has 9 heteroatoms. The number of thioether (sulfide) groups is 1. The molecule has 0 fully saturated rings. The van der Waals surface area contributed by atoms with Crippen molar-refractivity contribution in [3.63, 3.8) is 0 Å². The molecule has 1 aromatic carbocycles. The van der Waals surface area contributed by atoms with Gasteiger partial charge in [0.15, 0.2) is 0 Å². The largest absolute Gasteiger partial charge is 0.508 e. The van der Waals surface area contributed by atoms with Crippen LogP contribution in [0.4, 0.5) is 26.3 Å². The molecule has 102 valence electrons. The fourth-order valence-corrected chi connectivity index (χ4v) is 1.81. The van der Waals surface area contributed by atoms with Crippen LogP contribution in [0.5, 0.6) is 11.5 Å². The molecule has 0 aliphatic heterocycles. The number of alkyl halides is 6. The van der Waals surface area contributed by atoms with Crippen molar-refractivity contribution in [3.05, 3.63) is 18.2 Å². The first-order valence-electron chi connectivity index (χ1n) is 4.33. The van der Waals surface area contributed by atoms with Crippen LogP contribution in [-0.4, -0.2) is 27.8 Å². The van der Waals surface area contributed by atoms with E-state index in [2.05, 4.69) is 0 Å². The zero-order valence-electron chi connectivity index (χ0n) is 8.38. The summed E-state index contributed by atoms with van der Waals surface area (Å²) in [5, 5.41) is 13.2. The van der Waals surface area contributed by atoms with Gasteiger partial charge in [-0.15, -0.1) is 0 Å². The van der Waals surface area contributed by atoms with Gasteiger partial charge in [0.25, 0.3) is 6.17 Å². The fraction of sp³-hybridized carbons (Fsp3) is 0.333. The lowest BCUT2D eigenvalue weighted by molar-refractivity contribution is -0.219. The first kappa shape index (κ1) is 14.8. The lowest BCUT2D eigenvalue weighted by atomic mass is 10.3. The van der Waals surface area contributed by atoms with Crippen LogP contribution in [0.1, 0.15) is 0 Å². The monoisotopic (exact) mass is 292 g/mol. The van der Waals surface area contributed by atoms with Crippen LogP contribution in [0.15, 0.2) is 23.1 Å². The maximum absolute atomic E-state index is 13.0. The summed E-state index contributed by atoms with van der Waals surface area (Å²) in [6, 6.07) is 2.28. The van der Waals surface area contributed by atoms with Gasteiger partial charge in [-0.1, -0.05) is 0 Å². The van der Waals surface area contributed by atoms with Gasteiger partial charge in [-0.05, 0) is 23.9 Å². The van der Waals surface area contributed by atoms with Gasteiger partial charge in [-0.3, -0.25) is 0 Å². The molecule has 1 atom stereocenters. The molecule has 0 aromatic heterocycles. The Hall–Kier alpha value is -1.25. The van der Waals surface area contributed by atoms with Crippen molar-refractivity contribution in [1.29, 1.82) is 0 Å². The Labute approximate surface area is 101 Å². The second-order valence-electron chi connectivity index (χ2n) is 3.22. The van der Waals surface area contributed by atoms with E-state index in [4.69, 9.17) is 10.2 Å². The van der Waals surface area contributed by atoms with Crippen LogP contribution >= 0.6 is 11.8 Å². The molecule has 0 heterocycles. The highest BCUT2D eigenvalue weighted by Crippen LogP contribution is 2.47. The Kier molecular flexibility index (Phi) is 3.94. The maximum atomic E-state index is 13.0. The van der Waals surface area contributed by atoms with Crippen LogP contribution in [0.3, 0.4) is 0 Å². The van der Waals surface area contributed by atoms with Crippen LogP contribution in [0.25, 0.3) is 0 Å². The smallest absolute Gasteiger partial charge is 0.426 e. The Bertz CT molecular complexity index is 434. The number of hydrogen-bond donors (Lipinski definition) is 2. The van der Waals surface area contributed by atoms with Gasteiger partial charge in [0, 0.05) is 6.07 Å². The third kappa shape index (κ3) is 3.37. The maximum Gasteiger partial charge on any atom is 0.426 e. The zero-order chi connectivity index (χ0) is 14.1. The molecule has 0 saturated carbocycles. The van der Waals surface area contributed by atoms with E-state index in [1.807, 2.05) is 0 Å². The highest BCUT2D eigenvalue weighted by atomic mass is 32.2. The molecule has 1 rings (SSSR count). The van der Waals surface area contributed by atoms with Crippen molar-refractivity contribution in [2.75, 3.05) is 0 Å². The van der Waals surface area contributed by atoms with E-state index in [0.29, 0.717) is 6.07 Å². The van der Waals surface area contributed by atoms with Gasteiger partial charge >= 0.3 is 11.4 Å². The van der Waals surface area contributed by atoms with Crippen LogP contribution in [0.2, 0.25) is 0 Å². The van der Waals surface area contributed by atoms with E-state index in [-0.39, 0.29) is 0 Å². The van der Waals surface area contributed by atoms with Crippen molar-refractivity contribution in [2.24, 2.45) is 0 Å². The third-order valence-corrected chi connectivity index (χ3v) is 2.82. The van der Waals surface area contributed by atoms with Crippen LogP contribution in [0, 0.1) is 0 Å². The number of aromatic hydroxyl groups is 2. The van der Waals surface area contributed by atoms with E-state index < -0.39 is 45.8 Å². The van der Waals surface area contributed by atoms with E-state index >= 15 is 0 Å². The van der Waals surface area contributed by atoms with Gasteiger partial charge in [-0.2, -0.15) is 22.0 Å². The van der Waals surface area contributed by atoms with E-state index in [0.717, 1.165) is 12.1 Å². The van der Waals surface area contributed by atoms with Gasteiger partial charge in [0.2, 0.25) is 0 Å². The predicted octanol–water partition coefficient (Wildman–Crippen LogP) is 3.68. The van der Waals surface area contributed by atoms with E-state index in [9.17, 15) is 26.3 Å². The van der Waals surface area contributed by atoms with Crippen LogP contribution in [-0.2, 0) is 0 Å². The Morgan fingerprint density at radius 2 is 1.61 bits per heavy atom. The molecule has 0 aliphatic carbocycles. The van der Waals surface area contributed by atoms with E-state index in [1.165, 1.54) is 0 Å². The standard InChI is InChI=1S/C9H6F6O2S/c10-7(8(11,12)13)9(14,15)18-6-2-1-4(16)3-5(6)17/h1-3,7,16-17H/t7-/m0/s1. The normalized spacial score (nSPS) is 14.6. The molecule has 2 N–H and O–H groups in total. The number of phenols is 2. The molecule has 0 amide bonds. The van der Waals surface area contributed by atoms with Gasteiger partial charge in [0.1, 0.15) is 11.5 Å².